The molecule has 0 aliphatic rings. The van der Waals surface area contributed by atoms with Gasteiger partial charge in [0.1, 0.15) is 17.1 Å². The third-order valence-electron chi connectivity index (χ3n) is 7.63. The van der Waals surface area contributed by atoms with E-state index in [1.807, 2.05) is 65.6 Å². The quantitative estimate of drug-likeness (QED) is 0.104. The summed E-state index contributed by atoms with van der Waals surface area (Å²) in [5.41, 5.74) is 0.686. The summed E-state index contributed by atoms with van der Waals surface area (Å²) in [5, 5.41) is -0.375. The van der Waals surface area contributed by atoms with Crippen LogP contribution >= 0.6 is 11.6 Å². The molecule has 0 bridgehead atoms. The Hall–Kier alpha value is -3.93. The van der Waals surface area contributed by atoms with Crippen LogP contribution in [0.5, 0.6) is 5.75 Å². The predicted molar refractivity (Wildman–Crippen MR) is 172 cm³/mol. The van der Waals surface area contributed by atoms with E-state index in [0.29, 0.717) is 25.1 Å². The van der Waals surface area contributed by atoms with Gasteiger partial charge in [-0.25, -0.2) is 17.6 Å². The molecule has 0 fully saturated rings. The number of hydrogen-bond donors (Lipinski definition) is 0. The average molecular weight is 692 g/mol. The van der Waals surface area contributed by atoms with Crippen molar-refractivity contribution in [3.05, 3.63) is 130 Å². The molecule has 47 heavy (non-hydrogen) atoms. The molecular formula is C35H34ClF4NO5S. The predicted octanol–water partition coefficient (Wildman–Crippen LogP) is 8.18. The van der Waals surface area contributed by atoms with Gasteiger partial charge in [-0.05, 0) is 42.2 Å². The first-order valence-electron chi connectivity index (χ1n) is 14.6. The van der Waals surface area contributed by atoms with Crippen molar-refractivity contribution in [3.63, 3.8) is 0 Å². The molecule has 12 heteroatoms. The van der Waals surface area contributed by atoms with E-state index >= 15 is 0 Å². The van der Waals surface area contributed by atoms with Gasteiger partial charge in [0.15, 0.2) is 9.84 Å². The summed E-state index contributed by atoms with van der Waals surface area (Å²) in [4.78, 5) is 13.5. The fraction of sp³-hybridized carbons (Fsp3) is 0.286. The molecule has 0 radical (unpaired) electrons. The molecule has 0 aliphatic heterocycles. The van der Waals surface area contributed by atoms with Gasteiger partial charge in [-0.2, -0.15) is 13.2 Å². The van der Waals surface area contributed by atoms with Crippen molar-refractivity contribution in [3.8, 4) is 5.75 Å². The molecule has 250 valence electrons. The molecule has 6 nitrogen and oxygen atoms in total. The molecule has 0 amide bonds. The maximum atomic E-state index is 15.0. The van der Waals surface area contributed by atoms with Gasteiger partial charge in [-0.1, -0.05) is 84.4 Å². The van der Waals surface area contributed by atoms with Crippen molar-refractivity contribution in [1.29, 1.82) is 0 Å². The first-order chi connectivity index (χ1) is 22.2. The van der Waals surface area contributed by atoms with Crippen molar-refractivity contribution in [2.75, 3.05) is 26.5 Å². The van der Waals surface area contributed by atoms with Crippen LogP contribution in [0.25, 0.3) is 0 Å². The minimum absolute atomic E-state index is 0.0896. The highest BCUT2D eigenvalue weighted by molar-refractivity contribution is 7.90. The Bertz CT molecular complexity index is 1750. The third kappa shape index (κ3) is 9.33. The minimum atomic E-state index is -4.62. The Kier molecular flexibility index (Phi) is 11.7. The Morgan fingerprint density at radius 3 is 2.06 bits per heavy atom. The molecule has 0 aromatic heterocycles. The van der Waals surface area contributed by atoms with Crippen molar-refractivity contribution >= 4 is 27.4 Å². The number of alkyl halides is 3. The summed E-state index contributed by atoms with van der Waals surface area (Å²) in [6.45, 7) is 2.53. The number of sulfone groups is 1. The van der Waals surface area contributed by atoms with Crippen molar-refractivity contribution in [2.24, 2.45) is 0 Å². The second kappa shape index (κ2) is 15.3. The first kappa shape index (κ1) is 35.9. The Balaban J connectivity index is 1.64. The number of benzene rings is 4. The van der Waals surface area contributed by atoms with Gasteiger partial charge in [-0.3, -0.25) is 4.90 Å². The van der Waals surface area contributed by atoms with Crippen LogP contribution in [-0.4, -0.2) is 51.8 Å². The van der Waals surface area contributed by atoms with Crippen LogP contribution in [0.4, 0.5) is 17.6 Å². The molecule has 0 spiro atoms. The Labute approximate surface area is 276 Å². The highest BCUT2D eigenvalue weighted by atomic mass is 35.5. The first-order valence-corrected chi connectivity index (χ1v) is 16.9. The molecule has 4 aromatic rings. The number of carbonyl (C=O) groups excluding carboxylic acids is 1. The number of nitrogens with zero attached hydrogens (tertiary/aromatic N) is 1. The number of carbonyl (C=O) groups is 1. The van der Waals surface area contributed by atoms with Gasteiger partial charge in [0.05, 0.1) is 28.7 Å². The minimum Gasteiger partial charge on any atom is -0.491 e. The summed E-state index contributed by atoms with van der Waals surface area (Å²) >= 11 is 6.30. The zero-order valence-electron chi connectivity index (χ0n) is 25.9. The lowest BCUT2D eigenvalue weighted by molar-refractivity contribution is -0.137. The van der Waals surface area contributed by atoms with Gasteiger partial charge < -0.3 is 9.47 Å². The summed E-state index contributed by atoms with van der Waals surface area (Å²) in [5.74, 6) is -2.51. The monoisotopic (exact) mass is 691 g/mol. The molecule has 4 rings (SSSR count). The van der Waals surface area contributed by atoms with Crippen LogP contribution in [-0.2, 0) is 27.3 Å². The lowest BCUT2D eigenvalue weighted by Gasteiger charge is -2.30. The maximum Gasteiger partial charge on any atom is 0.417 e. The Morgan fingerprint density at radius 1 is 0.936 bits per heavy atom. The lowest BCUT2D eigenvalue weighted by Crippen LogP contribution is -2.32. The van der Waals surface area contributed by atoms with E-state index in [4.69, 9.17) is 16.3 Å². The topological polar surface area (TPSA) is 72.9 Å². The van der Waals surface area contributed by atoms with E-state index in [0.717, 1.165) is 42.7 Å². The van der Waals surface area contributed by atoms with Crippen LogP contribution in [0.3, 0.4) is 0 Å². The molecule has 0 heterocycles. The van der Waals surface area contributed by atoms with E-state index in [-0.39, 0.29) is 23.2 Å². The second-order valence-electron chi connectivity index (χ2n) is 11.1. The molecular weight excluding hydrogens is 658 g/mol. The van der Waals surface area contributed by atoms with Crippen LogP contribution in [0.15, 0.2) is 95.9 Å². The van der Waals surface area contributed by atoms with Gasteiger partial charge >= 0.3 is 12.1 Å². The fourth-order valence-electron chi connectivity index (χ4n) is 5.30. The van der Waals surface area contributed by atoms with Gasteiger partial charge in [-0.15, -0.1) is 0 Å². The average Bonchev–Trinajstić information content (AvgIpc) is 3.02. The second-order valence-corrected chi connectivity index (χ2v) is 13.5. The van der Waals surface area contributed by atoms with Crippen LogP contribution in [0.1, 0.15) is 51.9 Å². The van der Waals surface area contributed by atoms with Crippen molar-refractivity contribution in [1.82, 2.24) is 4.90 Å². The van der Waals surface area contributed by atoms with E-state index in [1.165, 1.54) is 6.07 Å². The Morgan fingerprint density at radius 2 is 1.53 bits per heavy atom. The molecule has 0 saturated heterocycles. The highest BCUT2D eigenvalue weighted by Crippen LogP contribution is 2.37. The van der Waals surface area contributed by atoms with Gasteiger partial charge in [0, 0.05) is 37.9 Å². The highest BCUT2D eigenvalue weighted by Gasteiger charge is 2.34. The van der Waals surface area contributed by atoms with Gasteiger partial charge in [0.25, 0.3) is 0 Å². The van der Waals surface area contributed by atoms with E-state index < -0.39 is 49.9 Å². The number of methoxy groups -OCH3 is 1. The molecule has 0 saturated carbocycles. The SMILES string of the molecule is COC(=O)c1c(F)cc(O[C@H](C)CCN(Cc2cccc(C(F)(F)F)c2Cl)CC(c2ccccc2)c2ccccc2)cc1S(C)(=O)=O. The molecule has 0 N–H and O–H groups in total. The number of ether oxygens (including phenoxy) is 2. The van der Waals surface area contributed by atoms with Gasteiger partial charge in [0.2, 0.25) is 0 Å². The number of esters is 1. The largest absolute Gasteiger partial charge is 0.491 e. The van der Waals surface area contributed by atoms with E-state index in [1.54, 1.807) is 13.0 Å². The molecule has 1 atom stereocenters. The number of hydrogen-bond acceptors (Lipinski definition) is 6. The van der Waals surface area contributed by atoms with Crippen molar-refractivity contribution in [2.45, 2.75) is 43.0 Å². The fourth-order valence-corrected chi connectivity index (χ4v) is 6.48. The molecule has 0 unspecified atom stereocenters. The normalized spacial score (nSPS) is 12.7. The van der Waals surface area contributed by atoms with E-state index in [2.05, 4.69) is 4.74 Å². The maximum absolute atomic E-state index is 15.0. The zero-order valence-corrected chi connectivity index (χ0v) is 27.5. The zero-order chi connectivity index (χ0) is 34.4. The summed E-state index contributed by atoms with van der Waals surface area (Å²) in [7, 11) is -3.02. The lowest BCUT2D eigenvalue weighted by atomic mass is 9.90. The van der Waals surface area contributed by atoms with Crippen LogP contribution in [0, 0.1) is 5.82 Å². The van der Waals surface area contributed by atoms with Crippen LogP contribution in [0.2, 0.25) is 5.02 Å². The molecule has 0 aliphatic carbocycles. The van der Waals surface area contributed by atoms with Crippen molar-refractivity contribution < 1.29 is 40.2 Å². The third-order valence-corrected chi connectivity index (χ3v) is 9.20. The summed E-state index contributed by atoms with van der Waals surface area (Å²) in [6.07, 6.45) is -4.06. The smallest absolute Gasteiger partial charge is 0.417 e. The standard InChI is InChI=1S/C35H34ClF4NO5S/c1-23(46-27-19-30(37)32(34(42)45-2)31(20-27)47(3,43)44)17-18-41(21-26-15-10-16-29(33(26)36)35(38,39)40)22-28(24-11-6-4-7-12-24)25-13-8-5-9-14-25/h4-16,19-20,23,28H,17-18,21-22H2,1-3H3/t23-/m1/s1. The summed E-state index contributed by atoms with van der Waals surface area (Å²) in [6, 6.07) is 25.3. The number of halogens is 5. The summed E-state index contributed by atoms with van der Waals surface area (Å²) < 4.78 is 91.3. The van der Waals surface area contributed by atoms with E-state index in [9.17, 15) is 30.8 Å². The van der Waals surface area contributed by atoms with Crippen LogP contribution < -0.4 is 4.74 Å². The molecule has 4 aromatic carbocycles. The number of rotatable bonds is 13.